The number of aryl methyl sites for hydroxylation is 2. The molecule has 9 nitrogen and oxygen atoms in total. The Balaban J connectivity index is 1.58. The third-order valence-corrected chi connectivity index (χ3v) is 14.9. The van der Waals surface area contributed by atoms with E-state index >= 15 is 0 Å². The third kappa shape index (κ3) is 7.46. The number of carbonyl (C=O) groups excluding carboxylic acids is 1. The van der Waals surface area contributed by atoms with E-state index in [-0.39, 0.29) is 17.2 Å². The van der Waals surface area contributed by atoms with Gasteiger partial charge in [-0.15, -0.1) is 0 Å². The molecule has 49 heavy (non-hydrogen) atoms. The van der Waals surface area contributed by atoms with Gasteiger partial charge in [0.25, 0.3) is 5.91 Å². The smallest absolute Gasteiger partial charge is 0.493 e. The monoisotopic (exact) mass is 718 g/mol. The summed E-state index contributed by atoms with van der Waals surface area (Å²) in [7, 11) is -5.41. The molecule has 264 valence electrons. The number of amides is 1. The SMILES string of the molecule is COc1cc2c(cc1OC)-c1cc(C(=O)NC(CO[Si](C)(C)C(C)(C)C)Cc3c[nH]c4ccccc34)c(OS(=O)(=O)C(F)(F)F)cc1CC2. The van der Waals surface area contributed by atoms with E-state index in [1.165, 1.54) is 26.4 Å². The van der Waals surface area contributed by atoms with Gasteiger partial charge in [-0.2, -0.15) is 21.6 Å². The van der Waals surface area contributed by atoms with Gasteiger partial charge in [0.1, 0.15) is 0 Å². The van der Waals surface area contributed by atoms with Crippen LogP contribution in [0.15, 0.2) is 54.7 Å². The minimum absolute atomic E-state index is 0.115. The Morgan fingerprint density at radius 2 is 1.53 bits per heavy atom. The summed E-state index contributed by atoms with van der Waals surface area (Å²) in [5.41, 5.74) is -1.68. The predicted molar refractivity (Wildman–Crippen MR) is 184 cm³/mol. The zero-order valence-corrected chi connectivity index (χ0v) is 30.3. The molecule has 1 heterocycles. The first-order chi connectivity index (χ1) is 22.8. The number of halogens is 3. The molecule has 1 aromatic heterocycles. The molecule has 0 bridgehead atoms. The first kappa shape index (κ1) is 36.3. The summed E-state index contributed by atoms with van der Waals surface area (Å²) >= 11 is 0. The van der Waals surface area contributed by atoms with E-state index < -0.39 is 41.6 Å². The molecule has 4 aromatic rings. The Kier molecular flexibility index (Phi) is 9.89. The summed E-state index contributed by atoms with van der Waals surface area (Å²) in [5, 5.41) is 3.75. The first-order valence-electron chi connectivity index (χ1n) is 15.8. The third-order valence-electron chi connectivity index (χ3n) is 9.42. The van der Waals surface area contributed by atoms with Crippen LogP contribution in [0.25, 0.3) is 22.0 Å². The molecule has 14 heteroatoms. The maximum Gasteiger partial charge on any atom is 0.534 e. The molecule has 2 N–H and O–H groups in total. The first-order valence-corrected chi connectivity index (χ1v) is 20.1. The van der Waals surface area contributed by atoms with Gasteiger partial charge in [0.15, 0.2) is 25.6 Å². The molecule has 0 fully saturated rings. The molecular weight excluding hydrogens is 678 g/mol. The van der Waals surface area contributed by atoms with Crippen molar-refractivity contribution < 1.29 is 44.5 Å². The van der Waals surface area contributed by atoms with E-state index in [4.69, 9.17) is 13.9 Å². The maximum absolute atomic E-state index is 14.2. The number of H-pyrrole nitrogens is 1. The maximum atomic E-state index is 14.2. The predicted octanol–water partition coefficient (Wildman–Crippen LogP) is 7.54. The fraction of sp³-hybridized carbons (Fsp3) is 0.400. The van der Waals surface area contributed by atoms with Crippen molar-refractivity contribution in [2.75, 3.05) is 20.8 Å². The van der Waals surface area contributed by atoms with E-state index in [9.17, 15) is 26.4 Å². The summed E-state index contributed by atoms with van der Waals surface area (Å²) in [5.74, 6) is -0.609. The van der Waals surface area contributed by atoms with Gasteiger partial charge in [-0.05, 0) is 95.5 Å². The highest BCUT2D eigenvalue weighted by Gasteiger charge is 2.49. The quantitative estimate of drug-likeness (QED) is 0.0936. The zero-order valence-electron chi connectivity index (χ0n) is 28.5. The molecule has 0 aliphatic heterocycles. The van der Waals surface area contributed by atoms with Crippen molar-refractivity contribution in [2.45, 2.75) is 69.7 Å². The van der Waals surface area contributed by atoms with Crippen LogP contribution >= 0.6 is 0 Å². The van der Waals surface area contributed by atoms with Crippen LogP contribution in [-0.4, -0.2) is 60.0 Å². The van der Waals surface area contributed by atoms with Gasteiger partial charge in [-0.1, -0.05) is 39.0 Å². The van der Waals surface area contributed by atoms with E-state index in [0.717, 1.165) is 22.0 Å². The van der Waals surface area contributed by atoms with Crippen molar-refractivity contribution in [3.63, 3.8) is 0 Å². The fourth-order valence-electron chi connectivity index (χ4n) is 5.65. The van der Waals surface area contributed by atoms with Crippen molar-refractivity contribution in [1.82, 2.24) is 10.3 Å². The lowest BCUT2D eigenvalue weighted by atomic mass is 9.84. The second-order valence-electron chi connectivity index (χ2n) is 13.7. The Bertz CT molecular complexity index is 1990. The highest BCUT2D eigenvalue weighted by Crippen LogP contribution is 2.43. The van der Waals surface area contributed by atoms with Crippen LogP contribution in [0.3, 0.4) is 0 Å². The van der Waals surface area contributed by atoms with Crippen molar-refractivity contribution >= 4 is 35.2 Å². The number of ether oxygens (including phenoxy) is 2. The molecule has 1 aliphatic carbocycles. The fourth-order valence-corrected chi connectivity index (χ4v) is 7.17. The molecule has 0 radical (unpaired) electrons. The number of hydrogen-bond acceptors (Lipinski definition) is 7. The molecule has 1 amide bonds. The minimum Gasteiger partial charge on any atom is -0.493 e. The van der Waals surface area contributed by atoms with Gasteiger partial charge < -0.3 is 28.4 Å². The normalized spacial score (nSPS) is 14.2. The summed E-state index contributed by atoms with van der Waals surface area (Å²) in [4.78, 5) is 17.4. The average molecular weight is 719 g/mol. The summed E-state index contributed by atoms with van der Waals surface area (Å²) in [6.07, 6.45) is 3.01. The molecule has 0 saturated carbocycles. The molecule has 0 saturated heterocycles. The van der Waals surface area contributed by atoms with E-state index in [1.807, 2.05) is 36.5 Å². The molecular formula is C35H41F3N2O7SSi. The molecule has 1 unspecified atom stereocenters. The van der Waals surface area contributed by atoms with Crippen molar-refractivity contribution in [3.05, 3.63) is 77.0 Å². The van der Waals surface area contributed by atoms with E-state index in [0.29, 0.717) is 47.5 Å². The number of aromatic nitrogens is 1. The summed E-state index contributed by atoms with van der Waals surface area (Å²) in [6, 6.07) is 13.2. The number of hydrogen-bond donors (Lipinski definition) is 2. The number of aromatic amines is 1. The van der Waals surface area contributed by atoms with Crippen LogP contribution < -0.4 is 19.0 Å². The van der Waals surface area contributed by atoms with Crippen molar-refractivity contribution in [1.29, 1.82) is 0 Å². The summed E-state index contributed by atoms with van der Waals surface area (Å²) in [6.45, 7) is 10.5. The Morgan fingerprint density at radius 3 is 2.14 bits per heavy atom. The molecule has 1 aliphatic rings. The Morgan fingerprint density at radius 1 is 0.939 bits per heavy atom. The molecule has 0 spiro atoms. The lowest BCUT2D eigenvalue weighted by molar-refractivity contribution is -0.0500. The van der Waals surface area contributed by atoms with Crippen LogP contribution in [0.1, 0.15) is 47.8 Å². The average Bonchev–Trinajstić information content (AvgIpc) is 3.43. The number of alkyl halides is 3. The largest absolute Gasteiger partial charge is 0.534 e. The number of para-hydroxylation sites is 1. The van der Waals surface area contributed by atoms with Gasteiger partial charge >= 0.3 is 15.6 Å². The number of nitrogens with one attached hydrogen (secondary N) is 2. The number of benzene rings is 3. The van der Waals surface area contributed by atoms with Crippen LogP contribution in [0.2, 0.25) is 18.1 Å². The second-order valence-corrected chi connectivity index (χ2v) is 20.0. The van der Waals surface area contributed by atoms with Crippen LogP contribution in [-0.2, 0) is 33.8 Å². The van der Waals surface area contributed by atoms with Crippen LogP contribution in [0, 0.1) is 0 Å². The van der Waals surface area contributed by atoms with Crippen molar-refractivity contribution in [2.24, 2.45) is 0 Å². The van der Waals surface area contributed by atoms with Gasteiger partial charge in [0.05, 0.1) is 32.4 Å². The Labute approximate surface area is 285 Å². The number of methoxy groups -OCH3 is 2. The van der Waals surface area contributed by atoms with Crippen LogP contribution in [0.4, 0.5) is 13.2 Å². The van der Waals surface area contributed by atoms with Crippen molar-refractivity contribution in [3.8, 4) is 28.4 Å². The topological polar surface area (TPSA) is 116 Å². The zero-order chi connectivity index (χ0) is 35.9. The molecule has 1 atom stereocenters. The van der Waals surface area contributed by atoms with E-state index in [2.05, 4.69) is 48.3 Å². The van der Waals surface area contributed by atoms with Gasteiger partial charge in [0.2, 0.25) is 0 Å². The lowest BCUT2D eigenvalue weighted by Crippen LogP contribution is -2.47. The number of carbonyl (C=O) groups is 1. The van der Waals surface area contributed by atoms with Crippen LogP contribution in [0.5, 0.6) is 17.2 Å². The second kappa shape index (κ2) is 13.4. The Hall–Kier alpha value is -4.01. The number of rotatable bonds is 11. The number of fused-ring (bicyclic) bond motifs is 4. The van der Waals surface area contributed by atoms with E-state index in [1.54, 1.807) is 6.07 Å². The van der Waals surface area contributed by atoms with Gasteiger partial charge in [-0.3, -0.25) is 4.79 Å². The van der Waals surface area contributed by atoms with Gasteiger partial charge in [0, 0.05) is 17.1 Å². The van der Waals surface area contributed by atoms with Gasteiger partial charge in [-0.25, -0.2) is 0 Å². The standard InChI is InChI=1S/C35H41F3N2O7SSi/c1-34(2,3)49(6,7)46-20-24(14-23-19-39-29-11-9-8-10-25(23)29)40-33(41)28-17-26-21(15-30(28)47-48(42,43)35(36,37)38)12-13-22-16-31(44-4)32(45-5)18-27(22)26/h8-11,15-19,24,39H,12-14,20H2,1-7H3,(H,40,41). The molecule has 3 aromatic carbocycles. The highest BCUT2D eigenvalue weighted by atomic mass is 32.2. The lowest BCUT2D eigenvalue weighted by Gasteiger charge is -2.37. The molecule has 5 rings (SSSR count). The highest BCUT2D eigenvalue weighted by molar-refractivity contribution is 7.88. The summed E-state index contributed by atoms with van der Waals surface area (Å²) < 4.78 is 87.3. The minimum atomic E-state index is -6.09.